The van der Waals surface area contributed by atoms with Crippen LogP contribution in [0.1, 0.15) is 17.5 Å². The van der Waals surface area contributed by atoms with Crippen molar-refractivity contribution in [2.24, 2.45) is 0 Å². The molecule has 0 saturated carbocycles. The van der Waals surface area contributed by atoms with E-state index in [0.717, 1.165) is 30.7 Å². The van der Waals surface area contributed by atoms with Crippen LogP contribution in [0.3, 0.4) is 0 Å². The molecule has 1 aliphatic rings. The van der Waals surface area contributed by atoms with Crippen molar-refractivity contribution in [3.63, 3.8) is 0 Å². The van der Waals surface area contributed by atoms with E-state index < -0.39 is 0 Å². The first-order chi connectivity index (χ1) is 9.31. The molecule has 1 aliphatic heterocycles. The predicted molar refractivity (Wildman–Crippen MR) is 72.4 cm³/mol. The fraction of sp³-hybridized carbons (Fsp3) is 0.250. The van der Waals surface area contributed by atoms with Crippen molar-refractivity contribution in [3.05, 3.63) is 65.5 Å². The van der Waals surface area contributed by atoms with E-state index in [1.807, 2.05) is 18.2 Å². The van der Waals surface area contributed by atoms with Crippen LogP contribution in [-0.4, -0.2) is 6.23 Å². The molecule has 0 aromatic heterocycles. The molecule has 0 fully saturated rings. The third kappa shape index (κ3) is 2.93. The van der Waals surface area contributed by atoms with E-state index in [2.05, 4.69) is 17.4 Å². The molecule has 1 N–H and O–H groups in total. The SMILES string of the molecule is Fc1ccc2c(c1)CCC(NCc1ccccc1)O2. The Kier molecular flexibility index (Phi) is 3.47. The lowest BCUT2D eigenvalue weighted by Crippen LogP contribution is -2.36. The molecule has 0 bridgehead atoms. The summed E-state index contributed by atoms with van der Waals surface area (Å²) in [5.41, 5.74) is 2.19. The maximum atomic E-state index is 13.1. The van der Waals surface area contributed by atoms with Gasteiger partial charge in [-0.3, -0.25) is 5.32 Å². The molecule has 19 heavy (non-hydrogen) atoms. The average Bonchev–Trinajstić information content (AvgIpc) is 2.46. The number of halogens is 1. The summed E-state index contributed by atoms with van der Waals surface area (Å²) in [6.07, 6.45) is 1.71. The second kappa shape index (κ2) is 5.41. The van der Waals surface area contributed by atoms with Gasteiger partial charge in [0.1, 0.15) is 11.6 Å². The normalized spacial score (nSPS) is 17.6. The Morgan fingerprint density at radius 1 is 1.16 bits per heavy atom. The van der Waals surface area contributed by atoms with Gasteiger partial charge in [-0.2, -0.15) is 0 Å². The van der Waals surface area contributed by atoms with Gasteiger partial charge in [-0.05, 0) is 35.7 Å². The Morgan fingerprint density at radius 3 is 2.84 bits per heavy atom. The summed E-state index contributed by atoms with van der Waals surface area (Å²) in [4.78, 5) is 0. The first kappa shape index (κ1) is 12.2. The first-order valence-corrected chi connectivity index (χ1v) is 6.54. The highest BCUT2D eigenvalue weighted by atomic mass is 19.1. The zero-order chi connectivity index (χ0) is 13.1. The second-order valence-corrected chi connectivity index (χ2v) is 4.76. The summed E-state index contributed by atoms with van der Waals surface area (Å²) in [7, 11) is 0. The quantitative estimate of drug-likeness (QED) is 0.911. The smallest absolute Gasteiger partial charge is 0.150 e. The molecule has 2 nitrogen and oxygen atoms in total. The minimum absolute atomic E-state index is 0.00170. The summed E-state index contributed by atoms with van der Waals surface area (Å²) < 4.78 is 18.9. The maximum absolute atomic E-state index is 13.1. The van der Waals surface area contributed by atoms with Crippen LogP contribution in [0.2, 0.25) is 0 Å². The van der Waals surface area contributed by atoms with Gasteiger partial charge in [0.15, 0.2) is 6.23 Å². The van der Waals surface area contributed by atoms with Gasteiger partial charge < -0.3 is 4.74 Å². The third-order valence-corrected chi connectivity index (χ3v) is 3.34. The molecule has 3 heteroatoms. The van der Waals surface area contributed by atoms with Crippen LogP contribution in [0, 0.1) is 5.82 Å². The number of aryl methyl sites for hydroxylation is 1. The van der Waals surface area contributed by atoms with Crippen molar-refractivity contribution in [2.75, 3.05) is 0 Å². The van der Waals surface area contributed by atoms with Crippen LogP contribution >= 0.6 is 0 Å². The van der Waals surface area contributed by atoms with Crippen molar-refractivity contribution in [1.82, 2.24) is 5.32 Å². The molecule has 0 aliphatic carbocycles. The van der Waals surface area contributed by atoms with Gasteiger partial charge in [-0.1, -0.05) is 30.3 Å². The molecule has 0 spiro atoms. The summed E-state index contributed by atoms with van der Waals surface area (Å²) in [6, 6.07) is 14.9. The number of rotatable bonds is 3. The number of hydrogen-bond donors (Lipinski definition) is 1. The minimum atomic E-state index is -0.196. The van der Waals surface area contributed by atoms with Crippen molar-refractivity contribution in [3.8, 4) is 5.75 Å². The van der Waals surface area contributed by atoms with E-state index in [1.165, 1.54) is 11.6 Å². The third-order valence-electron chi connectivity index (χ3n) is 3.34. The number of benzene rings is 2. The zero-order valence-corrected chi connectivity index (χ0v) is 10.6. The molecular weight excluding hydrogens is 241 g/mol. The lowest BCUT2D eigenvalue weighted by molar-refractivity contribution is 0.136. The van der Waals surface area contributed by atoms with E-state index in [0.29, 0.717) is 0 Å². The van der Waals surface area contributed by atoms with E-state index in [9.17, 15) is 4.39 Å². The Balaban J connectivity index is 1.61. The Bertz CT molecular complexity index is 556. The molecule has 1 atom stereocenters. The van der Waals surface area contributed by atoms with Crippen LogP contribution in [0.5, 0.6) is 5.75 Å². The van der Waals surface area contributed by atoms with Gasteiger partial charge in [0.2, 0.25) is 0 Å². The molecule has 0 saturated heterocycles. The van der Waals surface area contributed by atoms with Gasteiger partial charge >= 0.3 is 0 Å². The van der Waals surface area contributed by atoms with Crippen molar-refractivity contribution in [1.29, 1.82) is 0 Å². The highest BCUT2D eigenvalue weighted by molar-refractivity contribution is 5.35. The van der Waals surface area contributed by atoms with Gasteiger partial charge in [0.25, 0.3) is 0 Å². The highest BCUT2D eigenvalue weighted by Crippen LogP contribution is 2.27. The van der Waals surface area contributed by atoms with Gasteiger partial charge in [-0.15, -0.1) is 0 Å². The van der Waals surface area contributed by atoms with Gasteiger partial charge in [0.05, 0.1) is 0 Å². The molecule has 98 valence electrons. The van der Waals surface area contributed by atoms with Crippen LogP contribution < -0.4 is 10.1 Å². The fourth-order valence-electron chi connectivity index (χ4n) is 2.33. The van der Waals surface area contributed by atoms with Gasteiger partial charge in [0, 0.05) is 13.0 Å². The van der Waals surface area contributed by atoms with Gasteiger partial charge in [-0.25, -0.2) is 4.39 Å². The summed E-state index contributed by atoms with van der Waals surface area (Å²) in [5.74, 6) is 0.594. The van der Waals surface area contributed by atoms with E-state index in [1.54, 1.807) is 12.1 Å². The Hall–Kier alpha value is -1.87. The second-order valence-electron chi connectivity index (χ2n) is 4.76. The molecule has 0 radical (unpaired) electrons. The molecule has 1 heterocycles. The monoisotopic (exact) mass is 257 g/mol. The van der Waals surface area contributed by atoms with Crippen LogP contribution in [0.25, 0.3) is 0 Å². The van der Waals surface area contributed by atoms with E-state index in [4.69, 9.17) is 4.74 Å². The largest absolute Gasteiger partial charge is 0.475 e. The number of hydrogen-bond acceptors (Lipinski definition) is 2. The molecule has 2 aromatic carbocycles. The van der Waals surface area contributed by atoms with Crippen molar-refractivity contribution < 1.29 is 9.13 Å². The predicted octanol–water partition coefficient (Wildman–Crippen LogP) is 3.27. The number of ether oxygens (including phenoxy) is 1. The fourth-order valence-corrected chi connectivity index (χ4v) is 2.33. The van der Waals surface area contributed by atoms with Crippen LogP contribution in [-0.2, 0) is 13.0 Å². The standard InChI is InChI=1S/C16H16FNO/c17-14-7-8-15-13(10-14)6-9-16(19-15)18-11-12-4-2-1-3-5-12/h1-5,7-8,10,16,18H,6,9,11H2. The number of fused-ring (bicyclic) bond motifs is 1. The average molecular weight is 257 g/mol. The molecule has 2 aromatic rings. The van der Waals surface area contributed by atoms with Crippen molar-refractivity contribution >= 4 is 0 Å². The minimum Gasteiger partial charge on any atom is -0.475 e. The lowest BCUT2D eigenvalue weighted by atomic mass is 10.0. The molecule has 0 amide bonds. The molecular formula is C16H16FNO. The lowest BCUT2D eigenvalue weighted by Gasteiger charge is -2.26. The Labute approximate surface area is 112 Å². The topological polar surface area (TPSA) is 21.3 Å². The van der Waals surface area contributed by atoms with Crippen LogP contribution in [0.15, 0.2) is 48.5 Å². The molecule has 3 rings (SSSR count). The number of nitrogens with one attached hydrogen (secondary N) is 1. The van der Waals surface area contributed by atoms with Crippen LogP contribution in [0.4, 0.5) is 4.39 Å². The zero-order valence-electron chi connectivity index (χ0n) is 10.6. The highest BCUT2D eigenvalue weighted by Gasteiger charge is 2.19. The Morgan fingerprint density at radius 2 is 2.00 bits per heavy atom. The maximum Gasteiger partial charge on any atom is 0.150 e. The summed E-state index contributed by atoms with van der Waals surface area (Å²) >= 11 is 0. The van der Waals surface area contributed by atoms with E-state index in [-0.39, 0.29) is 12.0 Å². The first-order valence-electron chi connectivity index (χ1n) is 6.54. The van der Waals surface area contributed by atoms with Crippen molar-refractivity contribution in [2.45, 2.75) is 25.6 Å². The summed E-state index contributed by atoms with van der Waals surface area (Å²) in [5, 5.41) is 3.38. The van der Waals surface area contributed by atoms with E-state index >= 15 is 0 Å². The molecule has 1 unspecified atom stereocenters. The summed E-state index contributed by atoms with van der Waals surface area (Å²) in [6.45, 7) is 0.780.